The second kappa shape index (κ2) is 4.61. The van der Waals surface area contributed by atoms with Crippen LogP contribution >= 0.6 is 0 Å². The Morgan fingerprint density at radius 3 is 2.50 bits per heavy atom. The van der Waals surface area contributed by atoms with Crippen molar-refractivity contribution in [1.82, 2.24) is 0 Å². The smallest absolute Gasteiger partial charge is 0.132 e. The van der Waals surface area contributed by atoms with Gasteiger partial charge in [-0.15, -0.1) is 0 Å². The predicted octanol–water partition coefficient (Wildman–Crippen LogP) is 1.91. The van der Waals surface area contributed by atoms with Crippen LogP contribution in [0.2, 0.25) is 0 Å². The maximum Gasteiger partial charge on any atom is 0.132 e. The molecule has 2 heteroatoms. The van der Waals surface area contributed by atoms with E-state index in [1.807, 2.05) is 0 Å². The van der Waals surface area contributed by atoms with Gasteiger partial charge in [0.2, 0.25) is 0 Å². The Bertz CT molecular complexity index is 148. The molecule has 1 aliphatic carbocycles. The molecular weight excluding hydrogens is 152 g/mol. The molecule has 0 aromatic carbocycles. The Balaban J connectivity index is 2.29. The molecule has 1 fully saturated rings. The highest BCUT2D eigenvalue weighted by atomic mass is 16.3. The summed E-state index contributed by atoms with van der Waals surface area (Å²) in [4.78, 5) is 10.7. The lowest BCUT2D eigenvalue weighted by molar-refractivity contribution is -0.119. The number of ketones is 1. The van der Waals surface area contributed by atoms with E-state index in [0.717, 1.165) is 12.8 Å². The molecule has 0 unspecified atom stereocenters. The first-order valence-corrected chi connectivity index (χ1v) is 4.87. The van der Waals surface area contributed by atoms with Crippen LogP contribution in [-0.2, 0) is 4.79 Å². The lowest BCUT2D eigenvalue weighted by atomic mass is 9.84. The summed E-state index contributed by atoms with van der Waals surface area (Å²) < 4.78 is 0. The maximum atomic E-state index is 10.7. The zero-order valence-electron chi connectivity index (χ0n) is 7.75. The van der Waals surface area contributed by atoms with Gasteiger partial charge in [0.25, 0.3) is 0 Å². The molecule has 2 nitrogen and oxygen atoms in total. The molecule has 1 rings (SSSR count). The van der Waals surface area contributed by atoms with Crippen molar-refractivity contribution in [3.8, 4) is 0 Å². The third-order valence-electron chi connectivity index (χ3n) is 2.69. The molecule has 0 radical (unpaired) electrons. The van der Waals surface area contributed by atoms with Crippen LogP contribution in [0.3, 0.4) is 0 Å². The van der Waals surface area contributed by atoms with E-state index in [9.17, 15) is 9.90 Å². The van der Waals surface area contributed by atoms with Gasteiger partial charge in [-0.25, -0.2) is 0 Å². The van der Waals surface area contributed by atoms with Crippen molar-refractivity contribution in [3.63, 3.8) is 0 Å². The van der Waals surface area contributed by atoms with Crippen molar-refractivity contribution in [2.24, 2.45) is 5.92 Å². The monoisotopic (exact) mass is 170 g/mol. The van der Waals surface area contributed by atoms with E-state index in [-0.39, 0.29) is 11.9 Å². The molecule has 0 aromatic rings. The Morgan fingerprint density at radius 1 is 1.42 bits per heavy atom. The summed E-state index contributed by atoms with van der Waals surface area (Å²) in [5.74, 6) is 0.496. The van der Waals surface area contributed by atoms with Gasteiger partial charge in [-0.1, -0.05) is 19.3 Å². The van der Waals surface area contributed by atoms with E-state index in [4.69, 9.17) is 0 Å². The Labute approximate surface area is 74.0 Å². The summed E-state index contributed by atoms with van der Waals surface area (Å²) in [6.45, 7) is 1.55. The van der Waals surface area contributed by atoms with Gasteiger partial charge in [-0.3, -0.25) is 4.79 Å². The molecule has 0 heterocycles. The number of Topliss-reactive ketones (excluding diaryl/α,β-unsaturated/α-hetero) is 1. The zero-order chi connectivity index (χ0) is 8.97. The van der Waals surface area contributed by atoms with Gasteiger partial charge in [-0.05, 0) is 25.7 Å². The van der Waals surface area contributed by atoms with Crippen molar-refractivity contribution >= 4 is 5.78 Å². The molecule has 0 aromatic heterocycles. The first kappa shape index (κ1) is 9.72. The van der Waals surface area contributed by atoms with Crippen LogP contribution in [0, 0.1) is 5.92 Å². The van der Waals surface area contributed by atoms with Gasteiger partial charge in [0.1, 0.15) is 5.78 Å². The fraction of sp³-hybridized carbons (Fsp3) is 0.900. The van der Waals surface area contributed by atoms with Crippen LogP contribution in [-0.4, -0.2) is 17.0 Å². The number of hydrogen-bond acceptors (Lipinski definition) is 2. The minimum atomic E-state index is -0.372. The van der Waals surface area contributed by atoms with Crippen molar-refractivity contribution in [2.45, 2.75) is 51.6 Å². The molecule has 0 saturated heterocycles. The molecule has 1 atom stereocenters. The number of aliphatic hydroxyl groups is 1. The summed E-state index contributed by atoms with van der Waals surface area (Å²) in [6, 6.07) is 0. The van der Waals surface area contributed by atoms with Gasteiger partial charge in [0.05, 0.1) is 6.10 Å². The van der Waals surface area contributed by atoms with Crippen LogP contribution in [0.1, 0.15) is 45.4 Å². The summed E-state index contributed by atoms with van der Waals surface area (Å²) in [5, 5.41) is 9.62. The quantitative estimate of drug-likeness (QED) is 0.702. The lowest BCUT2D eigenvalue weighted by Crippen LogP contribution is -2.24. The summed E-state index contributed by atoms with van der Waals surface area (Å²) >= 11 is 0. The standard InChI is InChI=1S/C10H18O2/c1-8(11)7-10(12)9-5-3-2-4-6-9/h9-10,12H,2-7H2,1H3/t10-/m0/s1. The van der Waals surface area contributed by atoms with E-state index in [1.54, 1.807) is 6.92 Å². The summed E-state index contributed by atoms with van der Waals surface area (Å²) in [5.41, 5.74) is 0. The Morgan fingerprint density at radius 2 is 2.00 bits per heavy atom. The molecule has 70 valence electrons. The van der Waals surface area contributed by atoms with E-state index in [0.29, 0.717) is 12.3 Å². The predicted molar refractivity (Wildman–Crippen MR) is 47.9 cm³/mol. The van der Waals surface area contributed by atoms with Crippen LogP contribution in [0.5, 0.6) is 0 Å². The molecule has 0 bridgehead atoms. The third-order valence-corrected chi connectivity index (χ3v) is 2.69. The summed E-state index contributed by atoms with van der Waals surface area (Å²) in [6.07, 6.45) is 5.93. The molecular formula is C10H18O2. The first-order chi connectivity index (χ1) is 5.70. The fourth-order valence-corrected chi connectivity index (χ4v) is 1.98. The number of rotatable bonds is 3. The Hall–Kier alpha value is -0.370. The molecule has 0 spiro atoms. The van der Waals surface area contributed by atoms with Crippen LogP contribution in [0.25, 0.3) is 0 Å². The third kappa shape index (κ3) is 2.94. The van der Waals surface area contributed by atoms with Crippen LogP contribution < -0.4 is 0 Å². The second-order valence-corrected chi connectivity index (χ2v) is 3.87. The van der Waals surface area contributed by atoms with E-state index >= 15 is 0 Å². The first-order valence-electron chi connectivity index (χ1n) is 4.87. The highest BCUT2D eigenvalue weighted by molar-refractivity contribution is 5.75. The van der Waals surface area contributed by atoms with E-state index in [1.165, 1.54) is 19.3 Å². The van der Waals surface area contributed by atoms with Crippen molar-refractivity contribution in [2.75, 3.05) is 0 Å². The van der Waals surface area contributed by atoms with Crippen molar-refractivity contribution < 1.29 is 9.90 Å². The number of carbonyl (C=O) groups is 1. The average molecular weight is 170 g/mol. The molecule has 0 amide bonds. The molecule has 0 aliphatic heterocycles. The number of carbonyl (C=O) groups excluding carboxylic acids is 1. The minimum Gasteiger partial charge on any atom is -0.392 e. The van der Waals surface area contributed by atoms with E-state index < -0.39 is 0 Å². The van der Waals surface area contributed by atoms with Gasteiger partial charge in [-0.2, -0.15) is 0 Å². The highest BCUT2D eigenvalue weighted by Gasteiger charge is 2.22. The molecule has 1 N–H and O–H groups in total. The number of aliphatic hydroxyl groups excluding tert-OH is 1. The van der Waals surface area contributed by atoms with Crippen LogP contribution in [0.4, 0.5) is 0 Å². The van der Waals surface area contributed by atoms with E-state index in [2.05, 4.69) is 0 Å². The fourth-order valence-electron chi connectivity index (χ4n) is 1.98. The maximum absolute atomic E-state index is 10.7. The second-order valence-electron chi connectivity index (χ2n) is 3.87. The normalized spacial score (nSPS) is 22.2. The van der Waals surface area contributed by atoms with Gasteiger partial charge >= 0.3 is 0 Å². The minimum absolute atomic E-state index is 0.105. The number of hydrogen-bond donors (Lipinski definition) is 1. The van der Waals surface area contributed by atoms with Crippen molar-refractivity contribution in [1.29, 1.82) is 0 Å². The highest BCUT2D eigenvalue weighted by Crippen LogP contribution is 2.27. The summed E-state index contributed by atoms with van der Waals surface area (Å²) in [7, 11) is 0. The Kier molecular flexibility index (Phi) is 3.73. The molecule has 1 saturated carbocycles. The molecule has 1 aliphatic rings. The lowest BCUT2D eigenvalue weighted by Gasteiger charge is -2.25. The SMILES string of the molecule is CC(=O)C[C@H](O)C1CCCCC1. The largest absolute Gasteiger partial charge is 0.392 e. The van der Waals surface area contributed by atoms with Gasteiger partial charge < -0.3 is 5.11 Å². The van der Waals surface area contributed by atoms with Crippen molar-refractivity contribution in [3.05, 3.63) is 0 Å². The topological polar surface area (TPSA) is 37.3 Å². The average Bonchev–Trinajstić information content (AvgIpc) is 2.05. The molecule has 12 heavy (non-hydrogen) atoms. The zero-order valence-corrected chi connectivity index (χ0v) is 7.75. The van der Waals surface area contributed by atoms with Gasteiger partial charge in [0.15, 0.2) is 0 Å². The van der Waals surface area contributed by atoms with Crippen LogP contribution in [0.15, 0.2) is 0 Å². The van der Waals surface area contributed by atoms with Gasteiger partial charge in [0, 0.05) is 6.42 Å².